The molecule has 7 nitrogen and oxygen atoms in total. The first kappa shape index (κ1) is 21.0. The van der Waals surface area contributed by atoms with E-state index in [1.54, 1.807) is 28.0 Å². The lowest BCUT2D eigenvalue weighted by Gasteiger charge is -2.32. The highest BCUT2D eigenvalue weighted by atomic mass is 16.2. The van der Waals surface area contributed by atoms with Crippen LogP contribution in [0.5, 0.6) is 0 Å². The third-order valence-corrected chi connectivity index (χ3v) is 5.97. The van der Waals surface area contributed by atoms with Crippen LogP contribution in [-0.2, 0) is 9.59 Å². The Hall–Kier alpha value is -3.22. The SMILES string of the molecule is Cc1cccc(NC(=O)C2CCCN(C(=O)c3ccc(N4CCCCC4=O)cc3)C2)n1. The van der Waals surface area contributed by atoms with Crippen LogP contribution < -0.4 is 10.2 Å². The number of nitrogens with one attached hydrogen (secondary N) is 1. The van der Waals surface area contributed by atoms with Crippen molar-refractivity contribution in [2.45, 2.75) is 39.0 Å². The predicted octanol–water partition coefficient (Wildman–Crippen LogP) is 3.40. The molecule has 1 unspecified atom stereocenters. The number of carbonyl (C=O) groups excluding carboxylic acids is 3. The number of nitrogens with zero attached hydrogens (tertiary/aromatic N) is 3. The maximum absolute atomic E-state index is 13.0. The smallest absolute Gasteiger partial charge is 0.253 e. The van der Waals surface area contributed by atoms with Crippen molar-refractivity contribution in [2.24, 2.45) is 5.92 Å². The number of amides is 3. The Morgan fingerprint density at radius 2 is 1.84 bits per heavy atom. The summed E-state index contributed by atoms with van der Waals surface area (Å²) < 4.78 is 0. The topological polar surface area (TPSA) is 82.6 Å². The van der Waals surface area contributed by atoms with E-state index in [0.717, 1.165) is 43.6 Å². The van der Waals surface area contributed by atoms with Gasteiger partial charge >= 0.3 is 0 Å². The monoisotopic (exact) mass is 420 g/mol. The number of anilines is 2. The van der Waals surface area contributed by atoms with E-state index in [9.17, 15) is 14.4 Å². The van der Waals surface area contributed by atoms with Crippen molar-refractivity contribution in [3.05, 3.63) is 53.7 Å². The summed E-state index contributed by atoms with van der Waals surface area (Å²) in [5, 5.41) is 2.87. The van der Waals surface area contributed by atoms with Gasteiger partial charge in [-0.3, -0.25) is 14.4 Å². The lowest BCUT2D eigenvalue weighted by Crippen LogP contribution is -2.43. The lowest BCUT2D eigenvalue weighted by molar-refractivity contribution is -0.121. The quantitative estimate of drug-likeness (QED) is 0.822. The van der Waals surface area contributed by atoms with Gasteiger partial charge in [0.25, 0.3) is 5.91 Å². The Morgan fingerprint density at radius 3 is 2.58 bits per heavy atom. The maximum atomic E-state index is 13.0. The van der Waals surface area contributed by atoms with E-state index in [4.69, 9.17) is 0 Å². The van der Waals surface area contributed by atoms with E-state index in [0.29, 0.717) is 30.9 Å². The van der Waals surface area contributed by atoms with Gasteiger partial charge in [-0.25, -0.2) is 4.98 Å². The van der Waals surface area contributed by atoms with Crippen LogP contribution in [0.3, 0.4) is 0 Å². The summed E-state index contributed by atoms with van der Waals surface area (Å²) >= 11 is 0. The zero-order valence-corrected chi connectivity index (χ0v) is 17.8. The number of rotatable bonds is 4. The van der Waals surface area contributed by atoms with Gasteiger partial charge in [0.15, 0.2) is 0 Å². The fraction of sp³-hybridized carbons (Fsp3) is 0.417. The van der Waals surface area contributed by atoms with Gasteiger partial charge in [-0.05, 0) is 69.0 Å². The van der Waals surface area contributed by atoms with Crippen molar-refractivity contribution in [1.82, 2.24) is 9.88 Å². The molecular weight excluding hydrogens is 392 g/mol. The minimum Gasteiger partial charge on any atom is -0.338 e. The Bertz CT molecular complexity index is 973. The van der Waals surface area contributed by atoms with Crippen molar-refractivity contribution in [3.8, 4) is 0 Å². The number of carbonyl (C=O) groups is 3. The van der Waals surface area contributed by atoms with E-state index in [1.807, 2.05) is 31.2 Å². The average Bonchev–Trinajstić information content (AvgIpc) is 2.79. The molecule has 2 aliphatic heterocycles. The molecule has 1 aromatic carbocycles. The highest BCUT2D eigenvalue weighted by Gasteiger charge is 2.29. The summed E-state index contributed by atoms with van der Waals surface area (Å²) in [4.78, 5) is 45.7. The van der Waals surface area contributed by atoms with Gasteiger partial charge in [0.1, 0.15) is 5.82 Å². The molecular formula is C24H28N4O3. The van der Waals surface area contributed by atoms with Crippen LogP contribution in [0.4, 0.5) is 11.5 Å². The molecule has 1 atom stereocenters. The van der Waals surface area contributed by atoms with Crippen LogP contribution in [0.15, 0.2) is 42.5 Å². The van der Waals surface area contributed by atoms with Crippen LogP contribution in [0.25, 0.3) is 0 Å². The fourth-order valence-electron chi connectivity index (χ4n) is 4.26. The van der Waals surface area contributed by atoms with Gasteiger partial charge in [-0.2, -0.15) is 0 Å². The molecule has 3 heterocycles. The molecule has 1 N–H and O–H groups in total. The molecule has 3 amide bonds. The minimum atomic E-state index is -0.259. The molecule has 0 bridgehead atoms. The standard InChI is InChI=1S/C24H28N4O3/c1-17-6-4-8-21(25-17)26-23(30)19-7-5-14-27(16-19)24(31)18-10-12-20(13-11-18)28-15-3-2-9-22(28)29/h4,6,8,10-13,19H,2-3,5,7,9,14-16H2,1H3,(H,25,26,30). The molecule has 0 aliphatic carbocycles. The minimum absolute atomic E-state index is 0.0808. The molecule has 0 saturated carbocycles. The van der Waals surface area contributed by atoms with Gasteiger partial charge in [0.2, 0.25) is 11.8 Å². The summed E-state index contributed by atoms with van der Waals surface area (Å²) in [5.41, 5.74) is 2.25. The molecule has 162 valence electrons. The third-order valence-electron chi connectivity index (χ3n) is 5.97. The van der Waals surface area contributed by atoms with E-state index < -0.39 is 0 Å². The molecule has 0 spiro atoms. The Kier molecular flexibility index (Phi) is 6.30. The van der Waals surface area contributed by atoms with Crippen LogP contribution in [0, 0.1) is 12.8 Å². The highest BCUT2D eigenvalue weighted by Crippen LogP contribution is 2.24. The zero-order chi connectivity index (χ0) is 21.8. The number of aryl methyl sites for hydroxylation is 1. The average molecular weight is 421 g/mol. The van der Waals surface area contributed by atoms with Gasteiger partial charge < -0.3 is 15.1 Å². The lowest BCUT2D eigenvalue weighted by atomic mass is 9.96. The highest BCUT2D eigenvalue weighted by molar-refractivity contribution is 5.98. The molecule has 1 aromatic heterocycles. The molecule has 2 aromatic rings. The number of piperidine rings is 2. The van der Waals surface area contributed by atoms with E-state index in [-0.39, 0.29) is 23.6 Å². The second-order valence-electron chi connectivity index (χ2n) is 8.29. The van der Waals surface area contributed by atoms with Crippen molar-refractivity contribution in [1.29, 1.82) is 0 Å². The Morgan fingerprint density at radius 1 is 1.03 bits per heavy atom. The van der Waals surface area contributed by atoms with Crippen molar-refractivity contribution in [2.75, 3.05) is 29.9 Å². The first-order valence-electron chi connectivity index (χ1n) is 11.0. The van der Waals surface area contributed by atoms with Crippen LogP contribution >= 0.6 is 0 Å². The molecule has 2 aliphatic rings. The first-order valence-corrected chi connectivity index (χ1v) is 11.0. The molecule has 2 fully saturated rings. The van der Waals surface area contributed by atoms with Crippen molar-refractivity contribution >= 4 is 29.2 Å². The summed E-state index contributed by atoms with van der Waals surface area (Å²) in [5.74, 6) is 0.233. The van der Waals surface area contributed by atoms with E-state index in [2.05, 4.69) is 10.3 Å². The van der Waals surface area contributed by atoms with Gasteiger partial charge in [0, 0.05) is 43.0 Å². The number of likely N-dealkylation sites (tertiary alicyclic amines) is 1. The number of benzene rings is 1. The van der Waals surface area contributed by atoms with Gasteiger partial charge in [0.05, 0.1) is 5.92 Å². The van der Waals surface area contributed by atoms with Crippen LogP contribution in [-0.4, -0.2) is 47.2 Å². The Labute approximate surface area is 182 Å². The summed E-state index contributed by atoms with van der Waals surface area (Å²) in [6.45, 7) is 3.63. The summed E-state index contributed by atoms with van der Waals surface area (Å²) in [6, 6.07) is 12.7. The molecule has 31 heavy (non-hydrogen) atoms. The molecule has 7 heteroatoms. The third kappa shape index (κ3) is 4.93. The summed E-state index contributed by atoms with van der Waals surface area (Å²) in [7, 11) is 0. The van der Waals surface area contributed by atoms with Crippen LogP contribution in [0.1, 0.15) is 48.2 Å². The van der Waals surface area contributed by atoms with Crippen molar-refractivity contribution < 1.29 is 14.4 Å². The first-order chi connectivity index (χ1) is 15.0. The van der Waals surface area contributed by atoms with Crippen LogP contribution in [0.2, 0.25) is 0 Å². The van der Waals surface area contributed by atoms with Gasteiger partial charge in [-0.1, -0.05) is 6.07 Å². The predicted molar refractivity (Wildman–Crippen MR) is 119 cm³/mol. The molecule has 0 radical (unpaired) electrons. The Balaban J connectivity index is 1.39. The molecule has 2 saturated heterocycles. The maximum Gasteiger partial charge on any atom is 0.253 e. The van der Waals surface area contributed by atoms with Gasteiger partial charge in [-0.15, -0.1) is 0 Å². The normalized spacial score (nSPS) is 19.3. The molecule has 4 rings (SSSR count). The van der Waals surface area contributed by atoms with Crippen molar-refractivity contribution in [3.63, 3.8) is 0 Å². The number of hydrogen-bond acceptors (Lipinski definition) is 4. The van der Waals surface area contributed by atoms with E-state index >= 15 is 0 Å². The van der Waals surface area contributed by atoms with E-state index in [1.165, 1.54) is 0 Å². The zero-order valence-electron chi connectivity index (χ0n) is 17.8. The number of hydrogen-bond donors (Lipinski definition) is 1. The fourth-order valence-corrected chi connectivity index (χ4v) is 4.26. The second-order valence-corrected chi connectivity index (χ2v) is 8.29. The number of aromatic nitrogens is 1. The largest absolute Gasteiger partial charge is 0.338 e. The number of pyridine rings is 1. The summed E-state index contributed by atoms with van der Waals surface area (Å²) in [6.07, 6.45) is 4.05. The second kappa shape index (κ2) is 9.29.